The molecule has 0 aromatic heterocycles. The van der Waals surface area contributed by atoms with E-state index in [9.17, 15) is 14.4 Å². The highest BCUT2D eigenvalue weighted by molar-refractivity contribution is 5.88. The van der Waals surface area contributed by atoms with E-state index in [0.29, 0.717) is 25.1 Å². The number of nitrogens with zero attached hydrogens (tertiary/aromatic N) is 1. The zero-order chi connectivity index (χ0) is 35.4. The SMILES string of the molecule is C=CCOC(=O)[C@H](Cc1ccc(OC(C)(C)C)cc1)NC(=O)[C@H](CCCNC(N)=NC)CC(=O)OCC1c2ccccc2-c2ccccc21. The van der Waals surface area contributed by atoms with Gasteiger partial charge in [0.15, 0.2) is 5.96 Å². The van der Waals surface area contributed by atoms with Gasteiger partial charge in [0.05, 0.1) is 6.42 Å². The van der Waals surface area contributed by atoms with Gasteiger partial charge in [0.25, 0.3) is 0 Å². The van der Waals surface area contributed by atoms with E-state index in [1.165, 1.54) is 6.08 Å². The van der Waals surface area contributed by atoms with Crippen LogP contribution in [0, 0.1) is 5.92 Å². The molecule has 1 amide bonds. The highest BCUT2D eigenvalue weighted by atomic mass is 16.5. The van der Waals surface area contributed by atoms with Crippen LogP contribution in [-0.2, 0) is 30.3 Å². The number of hydrogen-bond acceptors (Lipinski definition) is 7. The number of nitrogens with one attached hydrogen (secondary N) is 2. The number of amides is 1. The van der Waals surface area contributed by atoms with E-state index < -0.39 is 29.8 Å². The Kier molecular flexibility index (Phi) is 13.0. The third kappa shape index (κ3) is 10.7. The van der Waals surface area contributed by atoms with Crippen molar-refractivity contribution in [1.29, 1.82) is 0 Å². The molecule has 3 aromatic carbocycles. The Morgan fingerprint density at radius 1 is 0.959 bits per heavy atom. The van der Waals surface area contributed by atoms with Gasteiger partial charge in [-0.05, 0) is 73.6 Å². The molecule has 49 heavy (non-hydrogen) atoms. The standard InChI is InChI=1S/C39H48N4O6/c1-6-22-47-37(46)34(23-26-17-19-28(20-18-26)49-39(2,3)4)43-36(45)27(12-11-21-42-38(40)41-5)24-35(44)48-25-33-31-15-9-7-13-29(31)30-14-8-10-16-32(30)33/h6-10,13-20,27,33-34H,1,11-12,21-25H2,2-5H3,(H,43,45)(H3,40,41,42)/t27-,34+/m1/s1. The summed E-state index contributed by atoms with van der Waals surface area (Å²) in [4.78, 5) is 44.2. The molecule has 10 heteroatoms. The predicted octanol–water partition coefficient (Wildman–Crippen LogP) is 5.30. The van der Waals surface area contributed by atoms with Crippen LogP contribution in [0.1, 0.15) is 62.6 Å². The molecule has 0 heterocycles. The molecule has 0 aliphatic heterocycles. The van der Waals surface area contributed by atoms with Crippen LogP contribution in [0.15, 0.2) is 90.4 Å². The van der Waals surface area contributed by atoms with E-state index in [1.807, 2.05) is 69.3 Å². The van der Waals surface area contributed by atoms with Gasteiger partial charge in [0.1, 0.15) is 30.6 Å². The largest absolute Gasteiger partial charge is 0.488 e. The number of guanidine groups is 1. The number of benzene rings is 3. The Balaban J connectivity index is 1.46. The predicted molar refractivity (Wildman–Crippen MR) is 191 cm³/mol. The molecule has 0 fully saturated rings. The number of fused-ring (bicyclic) bond motifs is 3. The van der Waals surface area contributed by atoms with Crippen molar-refractivity contribution in [3.63, 3.8) is 0 Å². The highest BCUT2D eigenvalue weighted by Crippen LogP contribution is 2.44. The van der Waals surface area contributed by atoms with Crippen molar-refractivity contribution in [2.24, 2.45) is 16.6 Å². The lowest BCUT2D eigenvalue weighted by atomic mass is 9.96. The summed E-state index contributed by atoms with van der Waals surface area (Å²) >= 11 is 0. The molecular weight excluding hydrogens is 620 g/mol. The second kappa shape index (κ2) is 17.3. The lowest BCUT2D eigenvalue weighted by Crippen LogP contribution is -2.46. The molecule has 3 aromatic rings. The number of esters is 2. The first-order valence-electron chi connectivity index (χ1n) is 16.6. The maximum atomic E-state index is 13.8. The van der Waals surface area contributed by atoms with E-state index in [0.717, 1.165) is 27.8 Å². The summed E-state index contributed by atoms with van der Waals surface area (Å²) in [5.41, 5.74) is 10.7. The fourth-order valence-corrected chi connectivity index (χ4v) is 5.85. The van der Waals surface area contributed by atoms with Crippen molar-refractivity contribution in [1.82, 2.24) is 10.6 Å². The van der Waals surface area contributed by atoms with Gasteiger partial charge >= 0.3 is 11.9 Å². The van der Waals surface area contributed by atoms with Gasteiger partial charge in [-0.2, -0.15) is 0 Å². The number of carbonyl (C=O) groups excluding carboxylic acids is 3. The maximum absolute atomic E-state index is 13.8. The number of aliphatic imine (C=N–C) groups is 1. The Bertz CT molecular complexity index is 1580. The second-order valence-corrected chi connectivity index (χ2v) is 13.0. The van der Waals surface area contributed by atoms with Crippen LogP contribution in [-0.4, -0.2) is 62.3 Å². The van der Waals surface area contributed by atoms with Crippen molar-refractivity contribution in [2.45, 2.75) is 64.0 Å². The molecule has 4 rings (SSSR count). The molecule has 1 aliphatic carbocycles. The number of ether oxygens (including phenoxy) is 3. The summed E-state index contributed by atoms with van der Waals surface area (Å²) in [6.45, 7) is 10.1. The number of hydrogen-bond donors (Lipinski definition) is 3. The van der Waals surface area contributed by atoms with Gasteiger partial charge in [-0.25, -0.2) is 4.79 Å². The third-order valence-electron chi connectivity index (χ3n) is 8.17. The average Bonchev–Trinajstić information content (AvgIpc) is 3.40. The monoisotopic (exact) mass is 668 g/mol. The highest BCUT2D eigenvalue weighted by Gasteiger charge is 2.31. The molecule has 2 atom stereocenters. The first-order chi connectivity index (χ1) is 23.5. The summed E-state index contributed by atoms with van der Waals surface area (Å²) in [6, 6.07) is 22.6. The van der Waals surface area contributed by atoms with Crippen LogP contribution in [0.4, 0.5) is 0 Å². The fourth-order valence-electron chi connectivity index (χ4n) is 5.85. The maximum Gasteiger partial charge on any atom is 0.329 e. The molecule has 260 valence electrons. The van der Waals surface area contributed by atoms with Crippen LogP contribution >= 0.6 is 0 Å². The molecule has 10 nitrogen and oxygen atoms in total. The van der Waals surface area contributed by atoms with Crippen molar-refractivity contribution >= 4 is 23.8 Å². The minimum absolute atomic E-state index is 0.00117. The van der Waals surface area contributed by atoms with E-state index >= 15 is 0 Å². The summed E-state index contributed by atoms with van der Waals surface area (Å²) in [7, 11) is 1.58. The lowest BCUT2D eigenvalue weighted by Gasteiger charge is -2.23. The van der Waals surface area contributed by atoms with Crippen molar-refractivity contribution in [2.75, 3.05) is 26.8 Å². The Labute approximate surface area is 289 Å². The summed E-state index contributed by atoms with van der Waals surface area (Å²) < 4.78 is 17.1. The van der Waals surface area contributed by atoms with Crippen molar-refractivity contribution < 1.29 is 28.6 Å². The fraction of sp³-hybridized carbons (Fsp3) is 0.385. The lowest BCUT2D eigenvalue weighted by molar-refractivity contribution is -0.149. The molecule has 0 radical (unpaired) electrons. The average molecular weight is 669 g/mol. The van der Waals surface area contributed by atoms with Crippen molar-refractivity contribution in [3.05, 3.63) is 102 Å². The molecule has 0 saturated carbocycles. The van der Waals surface area contributed by atoms with E-state index in [-0.39, 0.29) is 43.5 Å². The van der Waals surface area contributed by atoms with E-state index in [2.05, 4.69) is 46.5 Å². The van der Waals surface area contributed by atoms with Crippen LogP contribution in [0.25, 0.3) is 11.1 Å². The molecule has 0 bridgehead atoms. The Hall–Kier alpha value is -5.12. The molecule has 0 spiro atoms. The summed E-state index contributed by atoms with van der Waals surface area (Å²) in [5, 5.41) is 5.84. The van der Waals surface area contributed by atoms with Gasteiger partial charge in [-0.15, -0.1) is 0 Å². The van der Waals surface area contributed by atoms with Gasteiger partial charge < -0.3 is 30.6 Å². The first kappa shape index (κ1) is 36.7. The Morgan fingerprint density at radius 2 is 1.59 bits per heavy atom. The first-order valence-corrected chi connectivity index (χ1v) is 16.6. The van der Waals surface area contributed by atoms with Gasteiger partial charge in [-0.3, -0.25) is 14.6 Å². The molecule has 4 N–H and O–H groups in total. The van der Waals surface area contributed by atoms with Gasteiger partial charge in [0, 0.05) is 31.8 Å². The Morgan fingerprint density at radius 3 is 2.18 bits per heavy atom. The topological polar surface area (TPSA) is 141 Å². The molecular formula is C39H48N4O6. The van der Waals surface area contributed by atoms with Crippen molar-refractivity contribution in [3.8, 4) is 16.9 Å². The molecule has 0 unspecified atom stereocenters. The second-order valence-electron chi connectivity index (χ2n) is 13.0. The minimum atomic E-state index is -0.993. The van der Waals surface area contributed by atoms with Gasteiger partial charge in [-0.1, -0.05) is 73.3 Å². The normalized spacial score (nSPS) is 13.8. The number of rotatable bonds is 16. The number of carbonyl (C=O) groups is 3. The smallest absolute Gasteiger partial charge is 0.329 e. The van der Waals surface area contributed by atoms with Gasteiger partial charge in [0.2, 0.25) is 5.91 Å². The van der Waals surface area contributed by atoms with E-state index in [4.69, 9.17) is 19.9 Å². The number of nitrogens with two attached hydrogens (primary N) is 1. The van der Waals surface area contributed by atoms with Crippen LogP contribution in [0.2, 0.25) is 0 Å². The zero-order valence-corrected chi connectivity index (χ0v) is 28.9. The molecule has 1 aliphatic rings. The summed E-state index contributed by atoms with van der Waals surface area (Å²) in [5.74, 6) is -1.44. The quantitative estimate of drug-likeness (QED) is 0.0615. The van der Waals surface area contributed by atoms with Crippen LogP contribution in [0.3, 0.4) is 0 Å². The third-order valence-corrected chi connectivity index (χ3v) is 8.17. The zero-order valence-electron chi connectivity index (χ0n) is 28.9. The molecule has 0 saturated heterocycles. The van der Waals surface area contributed by atoms with Crippen LogP contribution in [0.5, 0.6) is 5.75 Å². The summed E-state index contributed by atoms with van der Waals surface area (Å²) in [6.07, 6.45) is 2.35. The van der Waals surface area contributed by atoms with E-state index in [1.54, 1.807) is 7.05 Å². The minimum Gasteiger partial charge on any atom is -0.488 e. The van der Waals surface area contributed by atoms with Crippen LogP contribution < -0.4 is 21.1 Å².